The van der Waals surface area contributed by atoms with Crippen molar-refractivity contribution < 1.29 is 4.79 Å². The molecule has 98 valence electrons. The summed E-state index contributed by atoms with van der Waals surface area (Å²) in [6.45, 7) is 5.60. The molecule has 3 heteroatoms. The number of carbonyl (C=O) groups excluding carboxylic acids is 1. The maximum absolute atomic E-state index is 11.8. The van der Waals surface area contributed by atoms with Crippen LogP contribution in [-0.4, -0.2) is 17.4 Å². The summed E-state index contributed by atoms with van der Waals surface area (Å²) in [5, 5.41) is 0. The second-order valence-corrected chi connectivity index (χ2v) is 4.96. The highest BCUT2D eigenvalue weighted by Crippen LogP contribution is 2.24. The van der Waals surface area contributed by atoms with Gasteiger partial charge in [-0.1, -0.05) is 32.0 Å². The summed E-state index contributed by atoms with van der Waals surface area (Å²) >= 11 is 0. The number of hydrogen-bond acceptors (Lipinski definition) is 2. The fourth-order valence-corrected chi connectivity index (χ4v) is 2.48. The van der Waals surface area contributed by atoms with Gasteiger partial charge in [0.15, 0.2) is 0 Å². The number of hydrogen-bond donors (Lipinski definition) is 1. The second kappa shape index (κ2) is 5.53. The van der Waals surface area contributed by atoms with Crippen LogP contribution in [-0.2, 0) is 17.8 Å². The van der Waals surface area contributed by atoms with Crippen LogP contribution in [0.5, 0.6) is 0 Å². The van der Waals surface area contributed by atoms with Gasteiger partial charge in [-0.15, -0.1) is 0 Å². The van der Waals surface area contributed by atoms with Gasteiger partial charge in [0.05, 0.1) is 0 Å². The van der Waals surface area contributed by atoms with Crippen LogP contribution in [0.4, 0.5) is 0 Å². The Hall–Kier alpha value is -1.35. The summed E-state index contributed by atoms with van der Waals surface area (Å²) < 4.78 is 0. The molecule has 1 aromatic rings. The number of fused-ring (bicyclic) bond motifs is 1. The highest BCUT2D eigenvalue weighted by atomic mass is 16.2. The Morgan fingerprint density at radius 3 is 2.83 bits per heavy atom. The molecule has 0 spiro atoms. The van der Waals surface area contributed by atoms with Crippen LogP contribution in [0.3, 0.4) is 0 Å². The molecule has 1 heterocycles. The minimum Gasteiger partial charge on any atom is -0.338 e. The van der Waals surface area contributed by atoms with Gasteiger partial charge in [0.2, 0.25) is 5.91 Å². The third-order valence-electron chi connectivity index (χ3n) is 3.77. The second-order valence-electron chi connectivity index (χ2n) is 4.96. The molecule has 3 nitrogen and oxygen atoms in total. The predicted molar refractivity (Wildman–Crippen MR) is 73.1 cm³/mol. The van der Waals surface area contributed by atoms with E-state index >= 15 is 0 Å². The van der Waals surface area contributed by atoms with Gasteiger partial charge in [-0.2, -0.15) is 0 Å². The number of amides is 1. The molecule has 0 fully saturated rings. The van der Waals surface area contributed by atoms with Gasteiger partial charge in [0.1, 0.15) is 0 Å². The Labute approximate surface area is 109 Å². The molecule has 1 aliphatic rings. The number of benzene rings is 1. The van der Waals surface area contributed by atoms with Gasteiger partial charge in [-0.05, 0) is 29.5 Å². The van der Waals surface area contributed by atoms with Crippen LogP contribution in [0.1, 0.15) is 49.4 Å². The van der Waals surface area contributed by atoms with E-state index in [0.29, 0.717) is 6.42 Å². The third kappa shape index (κ3) is 2.56. The van der Waals surface area contributed by atoms with Gasteiger partial charge in [0, 0.05) is 25.6 Å². The molecule has 0 saturated heterocycles. The Balaban J connectivity index is 2.21. The third-order valence-corrected chi connectivity index (χ3v) is 3.77. The Morgan fingerprint density at radius 1 is 1.39 bits per heavy atom. The lowest BCUT2D eigenvalue weighted by atomic mass is 9.94. The standard InChI is InChI=1S/C15H22N2O/c1-3-14(16)12-6-5-11-7-8-17(15(18)4-2)10-13(11)9-12/h5-6,9,14H,3-4,7-8,10,16H2,1-2H3. The highest BCUT2D eigenvalue weighted by molar-refractivity contribution is 5.76. The zero-order valence-corrected chi connectivity index (χ0v) is 11.3. The molecule has 0 bridgehead atoms. The number of rotatable bonds is 3. The molecule has 1 amide bonds. The van der Waals surface area contributed by atoms with E-state index in [2.05, 4.69) is 25.1 Å². The predicted octanol–water partition coefficient (Wildman–Crippen LogP) is 2.39. The van der Waals surface area contributed by atoms with Crippen molar-refractivity contribution in [2.75, 3.05) is 6.54 Å². The van der Waals surface area contributed by atoms with E-state index in [-0.39, 0.29) is 11.9 Å². The molecule has 18 heavy (non-hydrogen) atoms. The Morgan fingerprint density at radius 2 is 2.17 bits per heavy atom. The molecule has 2 rings (SSSR count). The minimum absolute atomic E-state index is 0.104. The zero-order chi connectivity index (χ0) is 13.1. The van der Waals surface area contributed by atoms with Crippen molar-refractivity contribution in [3.63, 3.8) is 0 Å². The van der Waals surface area contributed by atoms with Gasteiger partial charge in [0.25, 0.3) is 0 Å². The summed E-state index contributed by atoms with van der Waals surface area (Å²) in [5.74, 6) is 0.242. The largest absolute Gasteiger partial charge is 0.338 e. The van der Waals surface area contributed by atoms with E-state index in [4.69, 9.17) is 5.73 Å². The maximum Gasteiger partial charge on any atom is 0.222 e. The van der Waals surface area contributed by atoms with Crippen molar-refractivity contribution in [3.8, 4) is 0 Å². The first-order valence-corrected chi connectivity index (χ1v) is 6.80. The normalized spacial score (nSPS) is 16.3. The molecule has 0 saturated carbocycles. The lowest BCUT2D eigenvalue weighted by molar-refractivity contribution is -0.131. The van der Waals surface area contributed by atoms with Crippen molar-refractivity contribution in [3.05, 3.63) is 34.9 Å². The van der Waals surface area contributed by atoms with Gasteiger partial charge in [-0.25, -0.2) is 0 Å². The summed E-state index contributed by atoms with van der Waals surface area (Å²) in [4.78, 5) is 13.7. The van der Waals surface area contributed by atoms with Gasteiger partial charge < -0.3 is 10.6 Å². The molecule has 1 atom stereocenters. The Kier molecular flexibility index (Phi) is 4.02. The molecule has 0 aliphatic carbocycles. The molecular formula is C15H22N2O. The smallest absolute Gasteiger partial charge is 0.222 e. The Bertz CT molecular complexity index is 442. The fourth-order valence-electron chi connectivity index (χ4n) is 2.48. The van der Waals surface area contributed by atoms with Crippen LogP contribution >= 0.6 is 0 Å². The first-order chi connectivity index (χ1) is 8.65. The van der Waals surface area contributed by atoms with Crippen molar-refractivity contribution in [1.82, 2.24) is 4.90 Å². The average Bonchev–Trinajstić information content (AvgIpc) is 2.44. The van der Waals surface area contributed by atoms with Gasteiger partial charge >= 0.3 is 0 Å². The zero-order valence-electron chi connectivity index (χ0n) is 11.3. The highest BCUT2D eigenvalue weighted by Gasteiger charge is 2.20. The van der Waals surface area contributed by atoms with Crippen LogP contribution in [0.2, 0.25) is 0 Å². The lowest BCUT2D eigenvalue weighted by Crippen LogP contribution is -2.35. The number of nitrogens with zero attached hydrogens (tertiary/aromatic N) is 1. The monoisotopic (exact) mass is 246 g/mol. The van der Waals surface area contributed by atoms with Crippen molar-refractivity contribution in [2.45, 2.75) is 45.7 Å². The van der Waals surface area contributed by atoms with Crippen LogP contribution in [0.15, 0.2) is 18.2 Å². The lowest BCUT2D eigenvalue weighted by Gasteiger charge is -2.29. The van der Waals surface area contributed by atoms with E-state index in [1.165, 1.54) is 16.7 Å². The van der Waals surface area contributed by atoms with Crippen molar-refractivity contribution in [1.29, 1.82) is 0 Å². The van der Waals surface area contributed by atoms with Crippen molar-refractivity contribution >= 4 is 5.91 Å². The molecule has 2 N–H and O–H groups in total. The van der Waals surface area contributed by atoms with E-state index < -0.39 is 0 Å². The summed E-state index contributed by atoms with van der Waals surface area (Å²) in [6, 6.07) is 6.59. The average molecular weight is 246 g/mol. The summed E-state index contributed by atoms with van der Waals surface area (Å²) in [7, 11) is 0. The van der Waals surface area contributed by atoms with Crippen LogP contribution in [0.25, 0.3) is 0 Å². The molecule has 1 aromatic carbocycles. The molecule has 1 unspecified atom stereocenters. The van der Waals surface area contributed by atoms with Crippen molar-refractivity contribution in [2.24, 2.45) is 5.73 Å². The molecule has 1 aliphatic heterocycles. The van der Waals surface area contributed by atoms with E-state index in [9.17, 15) is 4.79 Å². The van der Waals surface area contributed by atoms with E-state index in [1.807, 2.05) is 11.8 Å². The topological polar surface area (TPSA) is 46.3 Å². The van der Waals surface area contributed by atoms with Crippen LogP contribution in [0, 0.1) is 0 Å². The molecule has 0 radical (unpaired) electrons. The summed E-state index contributed by atoms with van der Waals surface area (Å²) in [5.41, 5.74) is 9.88. The van der Waals surface area contributed by atoms with Gasteiger partial charge in [-0.3, -0.25) is 4.79 Å². The summed E-state index contributed by atoms with van der Waals surface area (Å²) in [6.07, 6.45) is 2.49. The quantitative estimate of drug-likeness (QED) is 0.890. The van der Waals surface area contributed by atoms with Crippen LogP contribution < -0.4 is 5.73 Å². The molecular weight excluding hydrogens is 224 g/mol. The first-order valence-electron chi connectivity index (χ1n) is 6.80. The van der Waals surface area contributed by atoms with E-state index in [0.717, 1.165) is 25.9 Å². The number of carbonyl (C=O) groups is 1. The minimum atomic E-state index is 0.104. The molecule has 0 aromatic heterocycles. The maximum atomic E-state index is 11.8. The fraction of sp³-hybridized carbons (Fsp3) is 0.533. The SMILES string of the molecule is CCC(=O)N1CCc2ccc(C(N)CC)cc2C1. The van der Waals surface area contributed by atoms with E-state index in [1.54, 1.807) is 0 Å². The first kappa shape index (κ1) is 13.1. The number of nitrogens with two attached hydrogens (primary N) is 1.